The van der Waals surface area contributed by atoms with Crippen LogP contribution in [0.5, 0.6) is 5.75 Å². The average molecular weight is 406 g/mol. The molecule has 4 aromatic rings. The number of rotatable bonds is 6. The van der Waals surface area contributed by atoms with Gasteiger partial charge in [-0.05, 0) is 36.4 Å². The van der Waals surface area contributed by atoms with Crippen molar-refractivity contribution in [2.75, 3.05) is 12.4 Å². The highest BCUT2D eigenvalue weighted by atomic mass is 32.1. The van der Waals surface area contributed by atoms with Crippen LogP contribution in [0.15, 0.2) is 54.6 Å². The molecule has 0 aliphatic carbocycles. The Morgan fingerprint density at radius 1 is 1.10 bits per heavy atom. The number of amides is 1. The van der Waals surface area contributed by atoms with E-state index >= 15 is 0 Å². The zero-order chi connectivity index (χ0) is 20.2. The third-order valence-electron chi connectivity index (χ3n) is 4.18. The summed E-state index contributed by atoms with van der Waals surface area (Å²) >= 11 is 1.42. The molecule has 1 N–H and O–H groups in total. The molecule has 0 aliphatic heterocycles. The summed E-state index contributed by atoms with van der Waals surface area (Å²) in [5, 5.41) is 15.5. The Morgan fingerprint density at radius 2 is 1.86 bits per heavy atom. The van der Waals surface area contributed by atoms with Gasteiger partial charge in [0.25, 0.3) is 0 Å². The van der Waals surface area contributed by atoms with Crippen molar-refractivity contribution in [3.05, 3.63) is 59.5 Å². The van der Waals surface area contributed by atoms with Crippen LogP contribution in [0.3, 0.4) is 0 Å². The van der Waals surface area contributed by atoms with E-state index in [4.69, 9.17) is 4.74 Å². The third kappa shape index (κ3) is 4.30. The molecule has 0 atom stereocenters. The van der Waals surface area contributed by atoms with E-state index in [1.54, 1.807) is 7.11 Å². The summed E-state index contributed by atoms with van der Waals surface area (Å²) in [7, 11) is 1.63. The average Bonchev–Trinajstić information content (AvgIpc) is 3.35. The first-order valence-electron chi connectivity index (χ1n) is 8.87. The van der Waals surface area contributed by atoms with Crippen LogP contribution in [0.25, 0.3) is 22.6 Å². The Labute approximate surface area is 171 Å². The fourth-order valence-corrected chi connectivity index (χ4v) is 3.62. The van der Waals surface area contributed by atoms with Crippen LogP contribution in [0.4, 0.5) is 5.13 Å². The van der Waals surface area contributed by atoms with Crippen LogP contribution in [0.1, 0.15) is 4.88 Å². The van der Waals surface area contributed by atoms with Crippen molar-refractivity contribution in [3.8, 4) is 28.4 Å². The minimum Gasteiger partial charge on any atom is -0.497 e. The van der Waals surface area contributed by atoms with Gasteiger partial charge in [-0.1, -0.05) is 30.3 Å². The molecule has 0 spiro atoms. The summed E-state index contributed by atoms with van der Waals surface area (Å²) in [6, 6.07) is 17.1. The van der Waals surface area contributed by atoms with Crippen LogP contribution in [-0.4, -0.2) is 38.2 Å². The number of hydrogen-bond acceptors (Lipinski definition) is 7. The van der Waals surface area contributed by atoms with E-state index in [-0.39, 0.29) is 12.5 Å². The Balaban J connectivity index is 1.43. The number of anilines is 1. The van der Waals surface area contributed by atoms with E-state index < -0.39 is 0 Å². The van der Waals surface area contributed by atoms with Crippen molar-refractivity contribution >= 4 is 22.4 Å². The predicted octanol–water partition coefficient (Wildman–Crippen LogP) is 3.42. The molecule has 1 amide bonds. The lowest BCUT2D eigenvalue weighted by Crippen LogP contribution is -2.20. The smallest absolute Gasteiger partial charge is 0.249 e. The zero-order valence-electron chi connectivity index (χ0n) is 15.9. The van der Waals surface area contributed by atoms with E-state index in [1.165, 1.54) is 16.1 Å². The van der Waals surface area contributed by atoms with Crippen LogP contribution in [-0.2, 0) is 11.3 Å². The summed E-state index contributed by atoms with van der Waals surface area (Å²) in [6.45, 7) is 1.92. The number of benzene rings is 2. The number of hydrogen-bond donors (Lipinski definition) is 1. The van der Waals surface area contributed by atoms with Gasteiger partial charge in [-0.25, -0.2) is 4.98 Å². The number of aryl methyl sites for hydroxylation is 1. The minimum atomic E-state index is -0.267. The number of nitrogens with one attached hydrogen (secondary N) is 1. The first-order chi connectivity index (χ1) is 14.1. The van der Waals surface area contributed by atoms with E-state index in [0.717, 1.165) is 27.4 Å². The number of ether oxygens (including phenoxy) is 1. The second-order valence-electron chi connectivity index (χ2n) is 6.21. The molecule has 8 nitrogen and oxygen atoms in total. The lowest BCUT2D eigenvalue weighted by Gasteiger charge is -2.02. The highest BCUT2D eigenvalue weighted by Crippen LogP contribution is 2.31. The summed E-state index contributed by atoms with van der Waals surface area (Å²) in [4.78, 5) is 19.2. The van der Waals surface area contributed by atoms with Gasteiger partial charge in [0.05, 0.1) is 12.8 Å². The molecule has 0 fully saturated rings. The van der Waals surface area contributed by atoms with Gasteiger partial charge in [0, 0.05) is 16.0 Å². The second-order valence-corrected chi connectivity index (χ2v) is 7.41. The topological polar surface area (TPSA) is 94.8 Å². The summed E-state index contributed by atoms with van der Waals surface area (Å²) in [5.41, 5.74) is 2.64. The highest BCUT2D eigenvalue weighted by molar-refractivity contribution is 7.16. The van der Waals surface area contributed by atoms with Gasteiger partial charge in [-0.3, -0.25) is 4.79 Å². The van der Waals surface area contributed by atoms with E-state index in [0.29, 0.717) is 11.0 Å². The van der Waals surface area contributed by atoms with Crippen LogP contribution in [0.2, 0.25) is 0 Å². The van der Waals surface area contributed by atoms with Gasteiger partial charge in [0.1, 0.15) is 12.3 Å². The van der Waals surface area contributed by atoms with E-state index in [9.17, 15) is 4.79 Å². The molecule has 0 bridgehead atoms. The normalized spacial score (nSPS) is 10.7. The molecule has 9 heteroatoms. The van der Waals surface area contributed by atoms with Crippen LogP contribution >= 0.6 is 11.3 Å². The fraction of sp³-hybridized carbons (Fsp3) is 0.150. The molecule has 0 radical (unpaired) electrons. The van der Waals surface area contributed by atoms with Crippen molar-refractivity contribution < 1.29 is 9.53 Å². The summed E-state index contributed by atoms with van der Waals surface area (Å²) < 4.78 is 5.19. The molecular weight excluding hydrogens is 388 g/mol. The van der Waals surface area contributed by atoms with Gasteiger partial charge >= 0.3 is 0 Å². The Morgan fingerprint density at radius 3 is 2.59 bits per heavy atom. The van der Waals surface area contributed by atoms with Crippen molar-refractivity contribution in [2.24, 2.45) is 0 Å². The van der Waals surface area contributed by atoms with E-state index in [1.807, 2.05) is 61.5 Å². The van der Waals surface area contributed by atoms with Gasteiger partial charge in [0.2, 0.25) is 11.7 Å². The first kappa shape index (κ1) is 18.8. The molecule has 0 unspecified atom stereocenters. The molecular formula is C20H18N6O2S. The van der Waals surface area contributed by atoms with Gasteiger partial charge < -0.3 is 10.1 Å². The molecule has 29 heavy (non-hydrogen) atoms. The van der Waals surface area contributed by atoms with Crippen LogP contribution in [0, 0.1) is 6.92 Å². The minimum absolute atomic E-state index is 0.0453. The number of aromatic nitrogens is 5. The number of carbonyl (C=O) groups excluding carboxylic acids is 1. The number of methoxy groups -OCH3 is 1. The van der Waals surface area contributed by atoms with Crippen molar-refractivity contribution in [2.45, 2.75) is 13.5 Å². The molecule has 4 rings (SSSR count). The maximum Gasteiger partial charge on any atom is 0.249 e. The SMILES string of the molecule is COc1ccc(-c2nc(NC(=O)Cn3nnc(-c4ccccc4)n3)sc2C)cc1. The third-order valence-corrected chi connectivity index (χ3v) is 5.06. The maximum atomic E-state index is 12.4. The molecule has 0 saturated carbocycles. The highest BCUT2D eigenvalue weighted by Gasteiger charge is 2.14. The molecule has 2 aromatic carbocycles. The molecule has 2 heterocycles. The number of nitrogens with zero attached hydrogens (tertiary/aromatic N) is 5. The second kappa shape index (κ2) is 8.19. The van der Waals surface area contributed by atoms with Gasteiger partial charge in [-0.2, -0.15) is 4.80 Å². The Kier molecular flexibility index (Phi) is 5.30. The maximum absolute atomic E-state index is 12.4. The van der Waals surface area contributed by atoms with Crippen molar-refractivity contribution in [1.29, 1.82) is 0 Å². The molecule has 0 aliphatic rings. The molecule has 146 valence electrons. The first-order valence-corrected chi connectivity index (χ1v) is 9.69. The molecule has 2 aromatic heterocycles. The summed E-state index contributed by atoms with van der Waals surface area (Å²) in [6.07, 6.45) is 0. The summed E-state index contributed by atoms with van der Waals surface area (Å²) in [5.74, 6) is 0.993. The largest absolute Gasteiger partial charge is 0.497 e. The number of tetrazole rings is 1. The fourth-order valence-electron chi connectivity index (χ4n) is 2.77. The van der Waals surface area contributed by atoms with Gasteiger partial charge in [-0.15, -0.1) is 21.5 Å². The number of thiazole rings is 1. The van der Waals surface area contributed by atoms with Crippen molar-refractivity contribution in [3.63, 3.8) is 0 Å². The number of carbonyl (C=O) groups is 1. The predicted molar refractivity (Wildman–Crippen MR) is 111 cm³/mol. The van der Waals surface area contributed by atoms with Crippen LogP contribution < -0.4 is 10.1 Å². The Hall–Kier alpha value is -3.59. The molecule has 0 saturated heterocycles. The van der Waals surface area contributed by atoms with Gasteiger partial charge in [0.15, 0.2) is 5.13 Å². The van der Waals surface area contributed by atoms with Crippen molar-refractivity contribution in [1.82, 2.24) is 25.2 Å². The quantitative estimate of drug-likeness (QED) is 0.527. The lowest BCUT2D eigenvalue weighted by atomic mass is 10.1. The lowest BCUT2D eigenvalue weighted by molar-refractivity contribution is -0.117. The van der Waals surface area contributed by atoms with E-state index in [2.05, 4.69) is 25.7 Å². The monoisotopic (exact) mass is 406 g/mol. The standard InChI is InChI=1S/C20H18N6O2S/c1-13-18(14-8-10-16(28-2)11-9-14)22-20(29-13)21-17(27)12-26-24-19(23-25-26)15-6-4-3-5-7-15/h3-11H,12H2,1-2H3,(H,21,22,27). The zero-order valence-corrected chi connectivity index (χ0v) is 16.7. The Bertz CT molecular complexity index is 1120.